The Morgan fingerprint density at radius 1 is 1.14 bits per heavy atom. The molecule has 0 radical (unpaired) electrons. The highest BCUT2D eigenvalue weighted by Crippen LogP contribution is 2.22. The Hall–Kier alpha value is -2.36. The van der Waals surface area contributed by atoms with Crippen molar-refractivity contribution in [3.05, 3.63) is 59.9 Å². The second-order valence-corrected chi connectivity index (χ2v) is 4.90. The first-order valence-corrected chi connectivity index (χ1v) is 7.00. The summed E-state index contributed by atoms with van der Waals surface area (Å²) in [6.07, 6.45) is 0.448. The molecular formula is C17H19FN2O. The van der Waals surface area contributed by atoms with Crippen LogP contribution in [0.25, 0.3) is 0 Å². The van der Waals surface area contributed by atoms with Gasteiger partial charge in [-0.15, -0.1) is 0 Å². The number of amides is 1. The summed E-state index contributed by atoms with van der Waals surface area (Å²) >= 11 is 0. The third-order valence-electron chi connectivity index (χ3n) is 3.22. The van der Waals surface area contributed by atoms with Gasteiger partial charge in [-0.1, -0.05) is 25.1 Å². The first kappa shape index (κ1) is 15.0. The molecule has 0 saturated heterocycles. The highest BCUT2D eigenvalue weighted by Gasteiger charge is 2.06. The van der Waals surface area contributed by atoms with Gasteiger partial charge in [-0.25, -0.2) is 4.39 Å². The number of anilines is 2. The van der Waals surface area contributed by atoms with Crippen molar-refractivity contribution < 1.29 is 9.18 Å². The maximum absolute atomic E-state index is 12.9. The van der Waals surface area contributed by atoms with Crippen LogP contribution in [-0.2, 0) is 4.79 Å². The molecule has 21 heavy (non-hydrogen) atoms. The van der Waals surface area contributed by atoms with Crippen LogP contribution >= 0.6 is 0 Å². The monoisotopic (exact) mass is 286 g/mol. The third kappa shape index (κ3) is 4.31. The summed E-state index contributed by atoms with van der Waals surface area (Å²) in [6, 6.07) is 14.0. The normalized spacial score (nSPS) is 11.8. The summed E-state index contributed by atoms with van der Waals surface area (Å²) in [6.45, 7) is 3.82. The lowest BCUT2D eigenvalue weighted by Gasteiger charge is -2.16. The molecule has 1 amide bonds. The largest absolute Gasteiger partial charge is 0.378 e. The van der Waals surface area contributed by atoms with Gasteiger partial charge in [0.05, 0.1) is 0 Å². The molecule has 0 aromatic heterocycles. The predicted molar refractivity (Wildman–Crippen MR) is 83.8 cm³/mol. The van der Waals surface area contributed by atoms with E-state index in [4.69, 9.17) is 0 Å². The molecule has 0 spiro atoms. The number of nitrogens with one attached hydrogen (secondary N) is 2. The van der Waals surface area contributed by atoms with Gasteiger partial charge in [-0.05, 0) is 42.8 Å². The van der Waals surface area contributed by atoms with Gasteiger partial charge >= 0.3 is 0 Å². The molecule has 0 bridgehead atoms. The number of hydrogen-bond acceptors (Lipinski definition) is 2. The number of halogens is 1. The van der Waals surface area contributed by atoms with E-state index in [1.54, 1.807) is 12.1 Å². The number of carbonyl (C=O) groups is 1. The average Bonchev–Trinajstić information content (AvgIpc) is 2.48. The molecule has 2 N–H and O–H groups in total. The molecule has 0 saturated carbocycles. The van der Waals surface area contributed by atoms with Crippen molar-refractivity contribution in [3.8, 4) is 0 Å². The minimum atomic E-state index is -0.241. The molecule has 0 fully saturated rings. The Labute approximate surface area is 124 Å². The highest BCUT2D eigenvalue weighted by atomic mass is 19.1. The van der Waals surface area contributed by atoms with Gasteiger partial charge in [-0.2, -0.15) is 0 Å². The standard InChI is InChI=1S/C17H19FN2O/c1-3-17(21)20-16-6-4-5-15(11-16)19-12(2)13-7-9-14(18)10-8-13/h4-12,19H,3H2,1-2H3,(H,20,21). The molecule has 2 aromatic rings. The Morgan fingerprint density at radius 2 is 1.81 bits per heavy atom. The summed E-state index contributed by atoms with van der Waals surface area (Å²) in [4.78, 5) is 11.4. The van der Waals surface area contributed by atoms with Crippen LogP contribution in [0, 0.1) is 5.82 Å². The summed E-state index contributed by atoms with van der Waals surface area (Å²) in [5, 5.41) is 6.16. The molecule has 3 nitrogen and oxygen atoms in total. The van der Waals surface area contributed by atoms with Crippen molar-refractivity contribution in [1.82, 2.24) is 0 Å². The number of hydrogen-bond donors (Lipinski definition) is 2. The van der Waals surface area contributed by atoms with E-state index in [0.717, 1.165) is 16.9 Å². The lowest BCUT2D eigenvalue weighted by atomic mass is 10.1. The van der Waals surface area contributed by atoms with Gasteiger partial charge in [0.25, 0.3) is 0 Å². The maximum Gasteiger partial charge on any atom is 0.224 e. The highest BCUT2D eigenvalue weighted by molar-refractivity contribution is 5.90. The zero-order chi connectivity index (χ0) is 15.2. The summed E-state index contributed by atoms with van der Waals surface area (Å²) in [5.74, 6) is -0.256. The molecule has 2 aromatic carbocycles. The van der Waals surface area contributed by atoms with Crippen LogP contribution in [0.4, 0.5) is 15.8 Å². The Morgan fingerprint density at radius 3 is 2.48 bits per heavy atom. The van der Waals surface area contributed by atoms with E-state index in [0.29, 0.717) is 6.42 Å². The van der Waals surface area contributed by atoms with E-state index in [-0.39, 0.29) is 17.8 Å². The Bertz CT molecular complexity index is 610. The van der Waals surface area contributed by atoms with E-state index < -0.39 is 0 Å². The molecule has 110 valence electrons. The molecule has 0 heterocycles. The smallest absolute Gasteiger partial charge is 0.224 e. The van der Waals surface area contributed by atoms with E-state index in [9.17, 15) is 9.18 Å². The number of rotatable bonds is 5. The van der Waals surface area contributed by atoms with E-state index in [1.807, 2.05) is 38.1 Å². The quantitative estimate of drug-likeness (QED) is 0.858. The van der Waals surface area contributed by atoms with Gasteiger partial charge in [0.1, 0.15) is 5.82 Å². The Balaban J connectivity index is 2.06. The second-order valence-electron chi connectivity index (χ2n) is 4.90. The lowest BCUT2D eigenvalue weighted by Crippen LogP contribution is -2.10. The van der Waals surface area contributed by atoms with Crippen LogP contribution in [0.5, 0.6) is 0 Å². The van der Waals surface area contributed by atoms with Gasteiger partial charge in [0.15, 0.2) is 0 Å². The maximum atomic E-state index is 12.9. The average molecular weight is 286 g/mol. The van der Waals surface area contributed by atoms with E-state index in [1.165, 1.54) is 12.1 Å². The van der Waals surface area contributed by atoms with E-state index in [2.05, 4.69) is 10.6 Å². The first-order chi connectivity index (χ1) is 10.1. The summed E-state index contributed by atoms with van der Waals surface area (Å²) in [7, 11) is 0. The molecule has 0 aliphatic carbocycles. The molecule has 1 unspecified atom stereocenters. The fraction of sp³-hybridized carbons (Fsp3) is 0.235. The zero-order valence-corrected chi connectivity index (χ0v) is 12.2. The molecular weight excluding hydrogens is 267 g/mol. The molecule has 0 aliphatic heterocycles. The SMILES string of the molecule is CCC(=O)Nc1cccc(NC(C)c2ccc(F)cc2)c1. The van der Waals surface area contributed by atoms with Gasteiger partial charge in [0.2, 0.25) is 5.91 Å². The molecule has 4 heteroatoms. The fourth-order valence-electron chi connectivity index (χ4n) is 2.02. The van der Waals surface area contributed by atoms with Crippen LogP contribution in [0.3, 0.4) is 0 Å². The molecule has 0 aliphatic rings. The lowest BCUT2D eigenvalue weighted by molar-refractivity contribution is -0.115. The van der Waals surface area contributed by atoms with Gasteiger partial charge in [-0.3, -0.25) is 4.79 Å². The number of benzene rings is 2. The van der Waals surface area contributed by atoms with Crippen LogP contribution in [0.2, 0.25) is 0 Å². The minimum absolute atomic E-state index is 0.0151. The molecule has 1 atom stereocenters. The van der Waals surface area contributed by atoms with Crippen molar-refractivity contribution in [2.45, 2.75) is 26.3 Å². The summed E-state index contributed by atoms with van der Waals surface area (Å²) in [5.41, 5.74) is 2.67. The fourth-order valence-corrected chi connectivity index (χ4v) is 2.02. The summed E-state index contributed by atoms with van der Waals surface area (Å²) < 4.78 is 12.9. The topological polar surface area (TPSA) is 41.1 Å². The molecule has 2 rings (SSSR count). The zero-order valence-electron chi connectivity index (χ0n) is 12.2. The van der Waals surface area contributed by atoms with Crippen molar-refractivity contribution >= 4 is 17.3 Å². The number of carbonyl (C=O) groups excluding carboxylic acids is 1. The van der Waals surface area contributed by atoms with E-state index >= 15 is 0 Å². The van der Waals surface area contributed by atoms with Crippen LogP contribution in [0.1, 0.15) is 31.9 Å². The van der Waals surface area contributed by atoms with Crippen LogP contribution in [0.15, 0.2) is 48.5 Å². The van der Waals surface area contributed by atoms with Crippen LogP contribution < -0.4 is 10.6 Å². The predicted octanol–water partition coefficient (Wildman–Crippen LogP) is 4.35. The third-order valence-corrected chi connectivity index (χ3v) is 3.22. The van der Waals surface area contributed by atoms with Crippen molar-refractivity contribution in [1.29, 1.82) is 0 Å². The van der Waals surface area contributed by atoms with Crippen molar-refractivity contribution in [2.24, 2.45) is 0 Å². The van der Waals surface area contributed by atoms with Crippen molar-refractivity contribution in [3.63, 3.8) is 0 Å². The Kier molecular flexibility index (Phi) is 4.93. The van der Waals surface area contributed by atoms with Gasteiger partial charge < -0.3 is 10.6 Å². The second kappa shape index (κ2) is 6.88. The van der Waals surface area contributed by atoms with Gasteiger partial charge in [0, 0.05) is 23.8 Å². The first-order valence-electron chi connectivity index (χ1n) is 7.00. The van der Waals surface area contributed by atoms with Crippen molar-refractivity contribution in [2.75, 3.05) is 10.6 Å². The minimum Gasteiger partial charge on any atom is -0.378 e. The van der Waals surface area contributed by atoms with Crippen LogP contribution in [-0.4, -0.2) is 5.91 Å².